The van der Waals surface area contributed by atoms with Crippen molar-refractivity contribution >= 4 is 5.95 Å². The Kier molecular flexibility index (Phi) is 2.16. The van der Waals surface area contributed by atoms with Gasteiger partial charge >= 0.3 is 5.95 Å². The predicted octanol–water partition coefficient (Wildman–Crippen LogP) is 0.272. The first kappa shape index (κ1) is 9.07. The number of aromatic nitrogens is 3. The van der Waals surface area contributed by atoms with Crippen molar-refractivity contribution in [3.8, 4) is 0 Å². The molecule has 1 aliphatic carbocycles. The lowest BCUT2D eigenvalue weighted by Gasteiger charge is -2.10. The minimum absolute atomic E-state index is 0.156. The minimum atomic E-state index is -0.641. The summed E-state index contributed by atoms with van der Waals surface area (Å²) in [6, 6.07) is -0.156. The van der Waals surface area contributed by atoms with Crippen LogP contribution in [0.25, 0.3) is 0 Å². The molecule has 0 unspecified atom stereocenters. The van der Waals surface area contributed by atoms with Crippen LogP contribution in [-0.2, 0) is 0 Å². The van der Waals surface area contributed by atoms with E-state index in [0.717, 1.165) is 19.3 Å². The van der Waals surface area contributed by atoms with E-state index in [1.165, 1.54) is 11.0 Å². The molecule has 0 saturated heterocycles. The number of aliphatic hydroxyl groups is 1. The van der Waals surface area contributed by atoms with E-state index in [4.69, 9.17) is 0 Å². The molecule has 7 nitrogen and oxygen atoms in total. The lowest BCUT2D eigenvalue weighted by Crippen LogP contribution is -2.18. The molecular weight excluding hydrogens is 188 g/mol. The van der Waals surface area contributed by atoms with E-state index in [1.54, 1.807) is 0 Å². The second-order valence-corrected chi connectivity index (χ2v) is 3.35. The highest BCUT2D eigenvalue weighted by molar-refractivity contribution is 4.99. The Balaban J connectivity index is 2.20. The van der Waals surface area contributed by atoms with Gasteiger partial charge < -0.3 is 15.2 Å². The fraction of sp³-hybridized carbons (Fsp3) is 0.714. The Bertz CT molecular complexity index is 350. The van der Waals surface area contributed by atoms with Crippen molar-refractivity contribution < 1.29 is 10.0 Å². The van der Waals surface area contributed by atoms with E-state index in [1.807, 2.05) is 0 Å². The Hall–Kier alpha value is -1.50. The smallest absolute Gasteiger partial charge is 0.391 e. The lowest BCUT2D eigenvalue weighted by molar-refractivity contribution is -0.394. The fourth-order valence-corrected chi connectivity index (χ4v) is 1.74. The van der Waals surface area contributed by atoms with Gasteiger partial charge in [-0.2, -0.15) is 4.68 Å². The molecule has 0 radical (unpaired) electrons. The molecule has 1 N–H and O–H groups in total. The van der Waals surface area contributed by atoms with Crippen molar-refractivity contribution in [1.29, 1.82) is 0 Å². The van der Waals surface area contributed by atoms with Gasteiger partial charge in [-0.25, -0.2) is 0 Å². The van der Waals surface area contributed by atoms with Crippen LogP contribution < -0.4 is 0 Å². The maximum atomic E-state index is 10.3. The molecule has 0 amide bonds. The Morgan fingerprint density at radius 2 is 2.43 bits per heavy atom. The maximum Gasteiger partial charge on any atom is 0.490 e. The SMILES string of the molecule is O=[N+]([O-])c1ncn([C@H]2CCC[C@@H]2O)n1. The van der Waals surface area contributed by atoms with Crippen molar-refractivity contribution in [1.82, 2.24) is 14.8 Å². The average molecular weight is 198 g/mol. The maximum absolute atomic E-state index is 10.3. The van der Waals surface area contributed by atoms with Gasteiger partial charge in [0.15, 0.2) is 0 Å². The van der Waals surface area contributed by atoms with Crippen LogP contribution in [0, 0.1) is 10.1 Å². The molecule has 1 fully saturated rings. The summed E-state index contributed by atoms with van der Waals surface area (Å²) in [4.78, 5) is 13.2. The molecule has 1 heterocycles. The highest BCUT2D eigenvalue weighted by Crippen LogP contribution is 2.29. The van der Waals surface area contributed by atoms with Crippen LogP contribution in [0.2, 0.25) is 0 Å². The lowest BCUT2D eigenvalue weighted by atomic mass is 10.2. The van der Waals surface area contributed by atoms with E-state index in [0.29, 0.717) is 0 Å². The Labute approximate surface area is 79.5 Å². The van der Waals surface area contributed by atoms with Gasteiger partial charge in [-0.1, -0.05) is 4.98 Å². The summed E-state index contributed by atoms with van der Waals surface area (Å²) in [6.07, 6.45) is 3.27. The topological polar surface area (TPSA) is 94.1 Å². The van der Waals surface area contributed by atoms with E-state index >= 15 is 0 Å². The van der Waals surface area contributed by atoms with Gasteiger partial charge in [0.25, 0.3) is 0 Å². The molecule has 2 atom stereocenters. The normalized spacial score (nSPS) is 26.6. The summed E-state index contributed by atoms with van der Waals surface area (Å²) in [6.45, 7) is 0. The molecule has 0 aliphatic heterocycles. The van der Waals surface area contributed by atoms with Crippen molar-refractivity contribution in [3.63, 3.8) is 0 Å². The van der Waals surface area contributed by atoms with Crippen LogP contribution in [0.15, 0.2) is 6.33 Å². The molecule has 1 aromatic rings. The quantitative estimate of drug-likeness (QED) is 0.543. The number of hydrogen-bond acceptors (Lipinski definition) is 5. The number of rotatable bonds is 2. The van der Waals surface area contributed by atoms with Crippen LogP contribution in [0.5, 0.6) is 0 Å². The summed E-state index contributed by atoms with van der Waals surface area (Å²) < 4.78 is 1.38. The summed E-state index contributed by atoms with van der Waals surface area (Å²) in [5.74, 6) is -0.413. The molecule has 0 spiro atoms. The van der Waals surface area contributed by atoms with Gasteiger partial charge in [0, 0.05) is 5.10 Å². The molecule has 1 aromatic heterocycles. The third kappa shape index (κ3) is 1.46. The van der Waals surface area contributed by atoms with Gasteiger partial charge in [0.05, 0.1) is 12.1 Å². The first-order valence-corrected chi connectivity index (χ1v) is 4.42. The number of aliphatic hydroxyl groups excluding tert-OH is 1. The Morgan fingerprint density at radius 3 is 2.93 bits per heavy atom. The molecule has 2 rings (SSSR count). The van der Waals surface area contributed by atoms with Gasteiger partial charge in [0.2, 0.25) is 6.33 Å². The molecule has 1 aliphatic rings. The highest BCUT2D eigenvalue weighted by Gasteiger charge is 2.30. The second-order valence-electron chi connectivity index (χ2n) is 3.35. The zero-order chi connectivity index (χ0) is 10.1. The minimum Gasteiger partial charge on any atom is -0.391 e. The molecule has 1 saturated carbocycles. The van der Waals surface area contributed by atoms with Crippen molar-refractivity contribution in [2.45, 2.75) is 31.4 Å². The van der Waals surface area contributed by atoms with Gasteiger partial charge in [0.1, 0.15) is 0 Å². The first-order chi connectivity index (χ1) is 6.68. The number of nitro groups is 1. The third-order valence-corrected chi connectivity index (χ3v) is 2.44. The van der Waals surface area contributed by atoms with Crippen molar-refractivity contribution in [3.05, 3.63) is 16.4 Å². The first-order valence-electron chi connectivity index (χ1n) is 4.42. The van der Waals surface area contributed by atoms with E-state index in [9.17, 15) is 15.2 Å². The van der Waals surface area contributed by atoms with Crippen LogP contribution >= 0.6 is 0 Å². The summed E-state index contributed by atoms with van der Waals surface area (Å²) in [5, 5.41) is 23.5. The van der Waals surface area contributed by atoms with Crippen molar-refractivity contribution in [2.75, 3.05) is 0 Å². The van der Waals surface area contributed by atoms with Crippen LogP contribution in [-0.4, -0.2) is 30.9 Å². The molecular formula is C7H10N4O3. The molecule has 7 heteroatoms. The molecule has 0 bridgehead atoms. The van der Waals surface area contributed by atoms with E-state index in [2.05, 4.69) is 10.1 Å². The monoisotopic (exact) mass is 198 g/mol. The van der Waals surface area contributed by atoms with Gasteiger partial charge in [-0.05, 0) is 24.2 Å². The van der Waals surface area contributed by atoms with Crippen LogP contribution in [0.4, 0.5) is 5.95 Å². The largest absolute Gasteiger partial charge is 0.490 e. The fourth-order valence-electron chi connectivity index (χ4n) is 1.74. The summed E-state index contributed by atoms with van der Waals surface area (Å²) in [5.41, 5.74) is 0. The summed E-state index contributed by atoms with van der Waals surface area (Å²) in [7, 11) is 0. The van der Waals surface area contributed by atoms with Gasteiger partial charge in [-0.15, -0.1) is 0 Å². The zero-order valence-electron chi connectivity index (χ0n) is 7.41. The van der Waals surface area contributed by atoms with E-state index < -0.39 is 17.0 Å². The van der Waals surface area contributed by atoms with Crippen molar-refractivity contribution in [2.24, 2.45) is 0 Å². The Morgan fingerprint density at radius 1 is 1.64 bits per heavy atom. The molecule has 14 heavy (non-hydrogen) atoms. The van der Waals surface area contributed by atoms with Crippen LogP contribution in [0.3, 0.4) is 0 Å². The average Bonchev–Trinajstić information content (AvgIpc) is 2.71. The standard InChI is InChI=1S/C7H10N4O3/c12-6-3-1-2-5(6)10-4-8-7(9-10)11(13)14/h4-6,12H,1-3H2/t5-,6-/m0/s1. The van der Waals surface area contributed by atoms with E-state index in [-0.39, 0.29) is 6.04 Å². The third-order valence-electron chi connectivity index (χ3n) is 2.44. The molecule has 76 valence electrons. The van der Waals surface area contributed by atoms with Crippen LogP contribution in [0.1, 0.15) is 25.3 Å². The highest BCUT2D eigenvalue weighted by atomic mass is 16.6. The second kappa shape index (κ2) is 3.33. The predicted molar refractivity (Wildman–Crippen MR) is 45.6 cm³/mol. The number of nitrogens with zero attached hydrogens (tertiary/aromatic N) is 4. The summed E-state index contributed by atoms with van der Waals surface area (Å²) >= 11 is 0. The number of hydrogen-bond donors (Lipinski definition) is 1. The van der Waals surface area contributed by atoms with Gasteiger partial charge in [-0.3, -0.25) is 0 Å². The molecule has 0 aromatic carbocycles. The zero-order valence-corrected chi connectivity index (χ0v) is 7.41.